The highest BCUT2D eigenvalue weighted by Crippen LogP contribution is 2.51. The normalized spacial score (nSPS) is 20.9. The number of rotatable bonds is 2. The van der Waals surface area contributed by atoms with Crippen molar-refractivity contribution in [2.24, 2.45) is 0 Å². The lowest BCUT2D eigenvalue weighted by Crippen LogP contribution is -2.04. The van der Waals surface area contributed by atoms with E-state index >= 15 is 0 Å². The molecule has 106 valence electrons. The fraction of sp³-hybridized carbons (Fsp3) is 0.188. The van der Waals surface area contributed by atoms with Gasteiger partial charge in [-0.1, -0.05) is 24.3 Å². The molecule has 0 spiro atoms. The van der Waals surface area contributed by atoms with E-state index in [-0.39, 0.29) is 12.2 Å². The fourth-order valence-corrected chi connectivity index (χ4v) is 2.23. The lowest BCUT2D eigenvalue weighted by Gasteiger charge is -2.06. The smallest absolute Gasteiger partial charge is 0.359 e. The van der Waals surface area contributed by atoms with E-state index in [0.29, 0.717) is 5.56 Å². The molecule has 21 heavy (non-hydrogen) atoms. The van der Waals surface area contributed by atoms with Crippen LogP contribution in [0.2, 0.25) is 0 Å². The number of hydrogen-bond donors (Lipinski definition) is 0. The van der Waals surface area contributed by atoms with Gasteiger partial charge in [0, 0.05) is 0 Å². The van der Waals surface area contributed by atoms with Crippen LogP contribution >= 0.6 is 0 Å². The SMILES string of the molecule is N#Cc1ccc([C@@H]2O[C@H]2c2ccc(C(F)(F)F)cc2)cc1. The Bertz CT molecular complexity index is 683. The van der Waals surface area contributed by atoms with E-state index in [9.17, 15) is 13.2 Å². The molecule has 0 radical (unpaired) electrons. The van der Waals surface area contributed by atoms with Crippen LogP contribution in [0.5, 0.6) is 0 Å². The molecule has 0 bridgehead atoms. The zero-order valence-electron chi connectivity index (χ0n) is 10.8. The minimum atomic E-state index is -4.32. The predicted octanol–water partition coefficient (Wildman–Crippen LogP) is 4.39. The molecule has 0 unspecified atom stereocenters. The molecule has 2 nitrogen and oxygen atoms in total. The van der Waals surface area contributed by atoms with Crippen LogP contribution in [0.3, 0.4) is 0 Å². The molecule has 0 aromatic heterocycles. The van der Waals surface area contributed by atoms with Gasteiger partial charge in [0.1, 0.15) is 12.2 Å². The van der Waals surface area contributed by atoms with E-state index in [1.165, 1.54) is 12.1 Å². The zero-order chi connectivity index (χ0) is 15.0. The van der Waals surface area contributed by atoms with Crippen LogP contribution in [0.1, 0.15) is 34.5 Å². The van der Waals surface area contributed by atoms with Crippen molar-refractivity contribution in [2.75, 3.05) is 0 Å². The molecule has 2 atom stereocenters. The molecule has 1 aliphatic heterocycles. The molecule has 2 aromatic rings. The lowest BCUT2D eigenvalue weighted by atomic mass is 10.0. The van der Waals surface area contributed by atoms with Gasteiger partial charge in [-0.05, 0) is 35.4 Å². The van der Waals surface area contributed by atoms with Crippen molar-refractivity contribution in [3.05, 3.63) is 70.8 Å². The minimum Gasteiger partial charge on any atom is -0.359 e. The Labute approximate surface area is 119 Å². The van der Waals surface area contributed by atoms with Gasteiger partial charge in [-0.25, -0.2) is 0 Å². The summed E-state index contributed by atoms with van der Waals surface area (Å²) in [5.41, 5.74) is 1.53. The average molecular weight is 289 g/mol. The lowest BCUT2D eigenvalue weighted by molar-refractivity contribution is -0.137. The second kappa shape index (κ2) is 4.90. The summed E-state index contributed by atoms with van der Waals surface area (Å²) in [4.78, 5) is 0. The summed E-state index contributed by atoms with van der Waals surface area (Å²) in [5, 5.41) is 8.73. The predicted molar refractivity (Wildman–Crippen MR) is 69.2 cm³/mol. The van der Waals surface area contributed by atoms with Gasteiger partial charge in [0.05, 0.1) is 17.2 Å². The Balaban J connectivity index is 1.74. The maximum absolute atomic E-state index is 12.5. The van der Waals surface area contributed by atoms with Crippen molar-refractivity contribution in [1.29, 1.82) is 5.26 Å². The zero-order valence-corrected chi connectivity index (χ0v) is 10.8. The highest BCUT2D eigenvalue weighted by atomic mass is 19.4. The third-order valence-electron chi connectivity index (χ3n) is 3.43. The van der Waals surface area contributed by atoms with E-state index in [0.717, 1.165) is 23.3 Å². The van der Waals surface area contributed by atoms with E-state index in [2.05, 4.69) is 0 Å². The summed E-state index contributed by atoms with van der Waals surface area (Å²) in [6.45, 7) is 0. The first kappa shape index (κ1) is 13.7. The molecule has 1 aliphatic rings. The van der Waals surface area contributed by atoms with Crippen LogP contribution in [0.15, 0.2) is 48.5 Å². The van der Waals surface area contributed by atoms with Crippen LogP contribution in [0.25, 0.3) is 0 Å². The molecule has 5 heteroatoms. The summed E-state index contributed by atoms with van der Waals surface area (Å²) in [6.07, 6.45) is -4.70. The number of alkyl halides is 3. The number of nitriles is 1. The van der Waals surface area contributed by atoms with E-state index in [4.69, 9.17) is 10.00 Å². The van der Waals surface area contributed by atoms with Crippen molar-refractivity contribution in [2.45, 2.75) is 18.4 Å². The molecule has 3 rings (SSSR count). The topological polar surface area (TPSA) is 36.3 Å². The minimum absolute atomic E-state index is 0.158. The maximum Gasteiger partial charge on any atom is 0.416 e. The number of nitrogens with zero attached hydrogens (tertiary/aromatic N) is 1. The van der Waals surface area contributed by atoms with Gasteiger partial charge < -0.3 is 4.74 Å². The molecule has 0 amide bonds. The molecule has 1 heterocycles. The van der Waals surface area contributed by atoms with Gasteiger partial charge in [-0.15, -0.1) is 0 Å². The molecule has 0 saturated carbocycles. The number of epoxide rings is 1. The van der Waals surface area contributed by atoms with E-state index in [1.54, 1.807) is 24.3 Å². The van der Waals surface area contributed by atoms with Crippen LogP contribution in [0.4, 0.5) is 13.2 Å². The molecule has 1 fully saturated rings. The second-order valence-corrected chi connectivity index (χ2v) is 4.83. The van der Waals surface area contributed by atoms with Crippen LogP contribution < -0.4 is 0 Å². The third-order valence-corrected chi connectivity index (χ3v) is 3.43. The molecule has 1 saturated heterocycles. The van der Waals surface area contributed by atoms with Crippen LogP contribution in [0, 0.1) is 11.3 Å². The van der Waals surface area contributed by atoms with E-state index < -0.39 is 11.7 Å². The first-order valence-corrected chi connectivity index (χ1v) is 6.32. The summed E-state index contributed by atoms with van der Waals surface area (Å²) < 4.78 is 43.0. The van der Waals surface area contributed by atoms with Crippen molar-refractivity contribution in [1.82, 2.24) is 0 Å². The van der Waals surface area contributed by atoms with Gasteiger partial charge in [0.25, 0.3) is 0 Å². The standard InChI is InChI=1S/C16H10F3NO/c17-16(18,19)13-7-5-12(6-8-13)15-14(21-15)11-3-1-10(9-20)2-4-11/h1-8,14-15H/t14-,15-/m0/s1. The Kier molecular flexibility index (Phi) is 3.19. The van der Waals surface area contributed by atoms with Crippen molar-refractivity contribution in [3.63, 3.8) is 0 Å². The summed E-state index contributed by atoms with van der Waals surface area (Å²) in [7, 11) is 0. The number of ether oxygens (including phenoxy) is 1. The molecule has 2 aromatic carbocycles. The number of hydrogen-bond acceptors (Lipinski definition) is 2. The Hall–Kier alpha value is -2.32. The van der Waals surface area contributed by atoms with Crippen molar-refractivity contribution >= 4 is 0 Å². The van der Waals surface area contributed by atoms with Crippen molar-refractivity contribution in [3.8, 4) is 6.07 Å². The van der Waals surface area contributed by atoms with Gasteiger partial charge in [-0.3, -0.25) is 0 Å². The second-order valence-electron chi connectivity index (χ2n) is 4.83. The van der Waals surface area contributed by atoms with Crippen LogP contribution in [-0.4, -0.2) is 0 Å². The quantitative estimate of drug-likeness (QED) is 0.769. The highest BCUT2D eigenvalue weighted by Gasteiger charge is 2.41. The van der Waals surface area contributed by atoms with Gasteiger partial charge in [0.15, 0.2) is 0 Å². The van der Waals surface area contributed by atoms with E-state index in [1.807, 2.05) is 6.07 Å². The van der Waals surface area contributed by atoms with Crippen molar-refractivity contribution < 1.29 is 17.9 Å². The van der Waals surface area contributed by atoms with Gasteiger partial charge in [-0.2, -0.15) is 18.4 Å². The van der Waals surface area contributed by atoms with Gasteiger partial charge >= 0.3 is 6.18 Å². The molecular weight excluding hydrogens is 279 g/mol. The first-order chi connectivity index (χ1) is 9.99. The fourth-order valence-electron chi connectivity index (χ4n) is 2.23. The number of benzene rings is 2. The van der Waals surface area contributed by atoms with Crippen LogP contribution in [-0.2, 0) is 10.9 Å². The highest BCUT2D eigenvalue weighted by molar-refractivity contribution is 5.36. The summed E-state index contributed by atoms with van der Waals surface area (Å²) >= 11 is 0. The molecular formula is C16H10F3NO. The third kappa shape index (κ3) is 2.76. The molecule has 0 aliphatic carbocycles. The largest absolute Gasteiger partial charge is 0.416 e. The Morgan fingerprint density at radius 3 is 1.76 bits per heavy atom. The monoisotopic (exact) mass is 289 g/mol. The number of halogens is 3. The van der Waals surface area contributed by atoms with Gasteiger partial charge in [0.2, 0.25) is 0 Å². The first-order valence-electron chi connectivity index (χ1n) is 6.32. The summed E-state index contributed by atoms with van der Waals surface area (Å²) in [6, 6.07) is 14.0. The Morgan fingerprint density at radius 2 is 1.33 bits per heavy atom. The Morgan fingerprint density at radius 1 is 0.857 bits per heavy atom. The summed E-state index contributed by atoms with van der Waals surface area (Å²) in [5.74, 6) is 0. The molecule has 0 N–H and O–H groups in total. The maximum atomic E-state index is 12.5. The average Bonchev–Trinajstić information content (AvgIpc) is 3.27.